The lowest BCUT2D eigenvalue weighted by atomic mass is 9.54. The fourth-order valence-electron chi connectivity index (χ4n) is 5.63. The van der Waals surface area contributed by atoms with Gasteiger partial charge >= 0.3 is 0 Å². The number of ether oxygens (including phenoxy) is 1. The molecule has 1 aliphatic heterocycles. The van der Waals surface area contributed by atoms with Crippen molar-refractivity contribution in [2.45, 2.75) is 44.2 Å². The highest BCUT2D eigenvalue weighted by Gasteiger charge is 2.50. The van der Waals surface area contributed by atoms with Gasteiger partial charge in [-0.1, -0.05) is 0 Å². The minimum absolute atomic E-state index is 0.203. The molecule has 112 valence electrons. The molecule has 4 bridgehead atoms. The van der Waals surface area contributed by atoms with Gasteiger partial charge in [0.25, 0.3) is 5.91 Å². The molecule has 1 amide bonds. The number of rotatable bonds is 2. The fraction of sp³-hybridized carbons (Fsp3) is 0.938. The van der Waals surface area contributed by atoms with E-state index in [1.54, 1.807) is 0 Å². The van der Waals surface area contributed by atoms with Gasteiger partial charge in [0, 0.05) is 26.2 Å². The molecule has 5 aliphatic rings. The monoisotopic (exact) mass is 278 g/mol. The first-order chi connectivity index (χ1) is 9.72. The number of likely N-dealkylation sites (N-methyl/N-ethyl adjacent to an activating group) is 1. The molecular formula is C16H26N2O2. The van der Waals surface area contributed by atoms with Crippen LogP contribution in [0.25, 0.3) is 0 Å². The number of carbonyl (C=O) groups excluding carboxylic acids is 1. The van der Waals surface area contributed by atoms with Crippen LogP contribution < -0.4 is 5.32 Å². The summed E-state index contributed by atoms with van der Waals surface area (Å²) in [6.07, 6.45) is 6.65. The van der Waals surface area contributed by atoms with Crippen LogP contribution in [0.1, 0.15) is 32.1 Å². The lowest BCUT2D eigenvalue weighted by Gasteiger charge is -2.56. The number of morpholine rings is 1. The lowest BCUT2D eigenvalue weighted by molar-refractivity contribution is -0.154. The Kier molecular flexibility index (Phi) is 3.26. The summed E-state index contributed by atoms with van der Waals surface area (Å²) in [5.74, 6) is 3.65. The van der Waals surface area contributed by atoms with Gasteiger partial charge in [0.2, 0.25) is 0 Å². The summed E-state index contributed by atoms with van der Waals surface area (Å²) >= 11 is 0. The van der Waals surface area contributed by atoms with Crippen molar-refractivity contribution in [1.82, 2.24) is 10.2 Å². The van der Waals surface area contributed by atoms with E-state index in [4.69, 9.17) is 4.74 Å². The molecule has 5 rings (SSSR count). The van der Waals surface area contributed by atoms with Crippen molar-refractivity contribution in [2.24, 2.45) is 23.7 Å². The Morgan fingerprint density at radius 1 is 1.10 bits per heavy atom. The van der Waals surface area contributed by atoms with Crippen molar-refractivity contribution in [3.05, 3.63) is 0 Å². The SMILES string of the molecule is CN(C(=O)C1CNCCO1)C1C2CC3CC(C2)CC1C3. The van der Waals surface area contributed by atoms with Gasteiger partial charge in [-0.25, -0.2) is 0 Å². The molecule has 4 heteroatoms. The summed E-state index contributed by atoms with van der Waals surface area (Å²) in [5, 5.41) is 3.27. The number of carbonyl (C=O) groups is 1. The third-order valence-electron chi connectivity index (χ3n) is 6.17. The second-order valence-electron chi connectivity index (χ2n) is 7.43. The summed E-state index contributed by atoms with van der Waals surface area (Å²) in [6, 6.07) is 0.487. The molecule has 4 aliphatic carbocycles. The number of nitrogens with zero attached hydrogens (tertiary/aromatic N) is 1. The molecule has 0 aromatic rings. The third-order valence-corrected chi connectivity index (χ3v) is 6.17. The van der Waals surface area contributed by atoms with Gasteiger partial charge < -0.3 is 15.0 Å². The Morgan fingerprint density at radius 2 is 1.75 bits per heavy atom. The molecule has 1 N–H and O–H groups in total. The van der Waals surface area contributed by atoms with Crippen molar-refractivity contribution >= 4 is 5.91 Å². The first kappa shape index (κ1) is 13.1. The predicted octanol–water partition coefficient (Wildman–Crippen LogP) is 1.26. The van der Waals surface area contributed by atoms with Crippen LogP contribution in [0.15, 0.2) is 0 Å². The number of hydrogen-bond donors (Lipinski definition) is 1. The van der Waals surface area contributed by atoms with Gasteiger partial charge in [-0.15, -0.1) is 0 Å². The van der Waals surface area contributed by atoms with E-state index in [0.29, 0.717) is 19.2 Å². The van der Waals surface area contributed by atoms with Gasteiger partial charge in [-0.2, -0.15) is 0 Å². The zero-order valence-electron chi connectivity index (χ0n) is 12.4. The minimum atomic E-state index is -0.258. The second-order valence-corrected chi connectivity index (χ2v) is 7.43. The van der Waals surface area contributed by atoms with Crippen LogP contribution in [0.4, 0.5) is 0 Å². The van der Waals surface area contributed by atoms with Crippen LogP contribution in [0.5, 0.6) is 0 Å². The third kappa shape index (κ3) is 2.08. The van der Waals surface area contributed by atoms with Crippen LogP contribution in [0.3, 0.4) is 0 Å². The van der Waals surface area contributed by atoms with E-state index in [1.807, 2.05) is 7.05 Å². The Bertz CT molecular complexity index is 364. The quantitative estimate of drug-likeness (QED) is 0.827. The Labute approximate surface area is 121 Å². The number of hydrogen-bond acceptors (Lipinski definition) is 3. The molecule has 1 heterocycles. The van der Waals surface area contributed by atoms with Gasteiger partial charge in [-0.3, -0.25) is 4.79 Å². The average Bonchev–Trinajstić information content (AvgIpc) is 2.46. The predicted molar refractivity (Wildman–Crippen MR) is 76.2 cm³/mol. The lowest BCUT2D eigenvalue weighted by Crippen LogP contribution is -2.59. The second kappa shape index (κ2) is 4.99. The van der Waals surface area contributed by atoms with Crippen molar-refractivity contribution < 1.29 is 9.53 Å². The topological polar surface area (TPSA) is 41.6 Å². The fourth-order valence-corrected chi connectivity index (χ4v) is 5.63. The smallest absolute Gasteiger partial charge is 0.253 e. The molecule has 4 nitrogen and oxygen atoms in total. The van der Waals surface area contributed by atoms with Gasteiger partial charge in [0.15, 0.2) is 0 Å². The molecule has 0 spiro atoms. The van der Waals surface area contributed by atoms with Gasteiger partial charge in [0.05, 0.1) is 6.61 Å². The van der Waals surface area contributed by atoms with E-state index in [-0.39, 0.29) is 12.0 Å². The molecular weight excluding hydrogens is 252 g/mol. The van der Waals surface area contributed by atoms with Gasteiger partial charge in [-0.05, 0) is 55.8 Å². The highest BCUT2D eigenvalue weighted by atomic mass is 16.5. The molecule has 20 heavy (non-hydrogen) atoms. The molecule has 5 fully saturated rings. The van der Waals surface area contributed by atoms with E-state index in [9.17, 15) is 4.79 Å². The summed E-state index contributed by atoms with van der Waals surface area (Å²) < 4.78 is 5.65. The van der Waals surface area contributed by atoms with E-state index < -0.39 is 0 Å². The highest BCUT2D eigenvalue weighted by molar-refractivity contribution is 5.81. The van der Waals surface area contributed by atoms with E-state index >= 15 is 0 Å². The Hall–Kier alpha value is -0.610. The van der Waals surface area contributed by atoms with Crippen molar-refractivity contribution in [1.29, 1.82) is 0 Å². The highest BCUT2D eigenvalue weighted by Crippen LogP contribution is 2.55. The first-order valence-electron chi connectivity index (χ1n) is 8.31. The van der Waals surface area contributed by atoms with E-state index in [0.717, 1.165) is 30.2 Å². The number of amides is 1. The molecule has 1 unspecified atom stereocenters. The largest absolute Gasteiger partial charge is 0.366 e. The average molecular weight is 278 g/mol. The summed E-state index contributed by atoms with van der Waals surface area (Å²) in [5.41, 5.74) is 0. The van der Waals surface area contributed by atoms with Crippen LogP contribution in [-0.4, -0.2) is 49.7 Å². The van der Waals surface area contributed by atoms with Crippen LogP contribution >= 0.6 is 0 Å². The zero-order valence-corrected chi connectivity index (χ0v) is 12.4. The van der Waals surface area contributed by atoms with E-state index in [1.165, 1.54) is 32.1 Å². The maximum absolute atomic E-state index is 12.7. The van der Waals surface area contributed by atoms with Gasteiger partial charge in [0.1, 0.15) is 6.10 Å². The Morgan fingerprint density at radius 3 is 2.30 bits per heavy atom. The maximum atomic E-state index is 12.7. The summed E-state index contributed by atoms with van der Waals surface area (Å²) in [4.78, 5) is 14.7. The normalized spacial score (nSPS) is 46.5. The van der Waals surface area contributed by atoms with Crippen molar-refractivity contribution in [3.63, 3.8) is 0 Å². The summed E-state index contributed by atoms with van der Waals surface area (Å²) in [6.45, 7) is 2.20. The molecule has 1 atom stereocenters. The van der Waals surface area contributed by atoms with Crippen LogP contribution in [0, 0.1) is 23.7 Å². The molecule has 4 saturated carbocycles. The molecule has 0 aromatic carbocycles. The minimum Gasteiger partial charge on any atom is -0.366 e. The maximum Gasteiger partial charge on any atom is 0.253 e. The van der Waals surface area contributed by atoms with Crippen LogP contribution in [-0.2, 0) is 9.53 Å². The Balaban J connectivity index is 1.47. The molecule has 0 aromatic heterocycles. The van der Waals surface area contributed by atoms with Crippen molar-refractivity contribution in [3.8, 4) is 0 Å². The molecule has 1 saturated heterocycles. The van der Waals surface area contributed by atoms with Crippen LogP contribution in [0.2, 0.25) is 0 Å². The molecule has 0 radical (unpaired) electrons. The van der Waals surface area contributed by atoms with Crippen molar-refractivity contribution in [2.75, 3.05) is 26.7 Å². The number of nitrogens with one attached hydrogen (secondary N) is 1. The first-order valence-corrected chi connectivity index (χ1v) is 8.31. The zero-order chi connectivity index (χ0) is 13.7. The standard InChI is InChI=1S/C16H26N2O2/c1-18(16(19)14-9-17-2-3-20-14)15-12-5-10-4-11(7-12)8-13(15)6-10/h10-15,17H,2-9H2,1H3. The summed E-state index contributed by atoms with van der Waals surface area (Å²) in [7, 11) is 2.02. The van der Waals surface area contributed by atoms with E-state index in [2.05, 4.69) is 10.2 Å².